The van der Waals surface area contributed by atoms with Crippen LogP contribution in [0.5, 0.6) is 0 Å². The predicted molar refractivity (Wildman–Crippen MR) is 142 cm³/mol. The van der Waals surface area contributed by atoms with Gasteiger partial charge in [-0.25, -0.2) is 23.2 Å². The Labute approximate surface area is 218 Å². The molecule has 3 aromatic heterocycles. The third kappa shape index (κ3) is 5.00. The minimum Gasteiger partial charge on any atom is -0.465 e. The highest BCUT2D eigenvalue weighted by molar-refractivity contribution is 7.92. The zero-order valence-corrected chi connectivity index (χ0v) is 21.5. The number of sulfone groups is 1. The summed E-state index contributed by atoms with van der Waals surface area (Å²) in [6, 6.07) is 16.1. The summed E-state index contributed by atoms with van der Waals surface area (Å²) in [4.78, 5) is 23.3. The zero-order chi connectivity index (χ0) is 26.9. The van der Waals surface area contributed by atoms with Crippen LogP contribution in [0.15, 0.2) is 76.4 Å². The highest BCUT2D eigenvalue weighted by Crippen LogP contribution is 2.32. The van der Waals surface area contributed by atoms with Crippen LogP contribution < -0.4 is 5.32 Å². The molecule has 11 heteroatoms. The zero-order valence-electron chi connectivity index (χ0n) is 20.7. The van der Waals surface area contributed by atoms with Gasteiger partial charge < -0.3 is 19.9 Å². The summed E-state index contributed by atoms with van der Waals surface area (Å²) in [6.45, 7) is 3.62. The van der Waals surface area contributed by atoms with Gasteiger partial charge in [-0.2, -0.15) is 0 Å². The molecule has 38 heavy (non-hydrogen) atoms. The van der Waals surface area contributed by atoms with Crippen LogP contribution in [0.4, 0.5) is 4.79 Å². The van der Waals surface area contributed by atoms with Gasteiger partial charge >= 0.3 is 6.09 Å². The van der Waals surface area contributed by atoms with Crippen LogP contribution in [0.1, 0.15) is 19.4 Å². The van der Waals surface area contributed by atoms with E-state index in [2.05, 4.69) is 20.4 Å². The number of hydrogen-bond donors (Lipinski definition) is 3. The SMILES string of the molecule is CC(C)S(=O)(=O)c1ccc(-c2cnc3[nH]cc(-c4cc(-c5cccc(CCNC(=O)O)c5)no4)c3n2)cc1. The molecule has 3 heterocycles. The molecule has 0 aliphatic carbocycles. The molecule has 2 aromatic carbocycles. The van der Waals surface area contributed by atoms with E-state index in [1.54, 1.807) is 50.5 Å². The van der Waals surface area contributed by atoms with Crippen molar-refractivity contribution in [2.45, 2.75) is 30.4 Å². The molecule has 0 spiro atoms. The standard InChI is InChI=1S/C27H25N5O5S/c1-16(2)38(35,36)20-8-6-18(7-9-20)23-15-30-26-25(31-23)21(14-29-26)24-13-22(32-37-24)19-5-3-4-17(12-19)10-11-28-27(33)34/h3-9,12-16,28H,10-11H2,1-2H3,(H,29,30)(H,33,34). The molecule has 0 aliphatic rings. The van der Waals surface area contributed by atoms with Crippen LogP contribution in [0, 0.1) is 0 Å². The van der Waals surface area contributed by atoms with Gasteiger partial charge in [0.1, 0.15) is 11.2 Å². The van der Waals surface area contributed by atoms with Gasteiger partial charge in [-0.3, -0.25) is 0 Å². The maximum absolute atomic E-state index is 12.4. The largest absolute Gasteiger partial charge is 0.465 e. The molecule has 194 valence electrons. The Balaban J connectivity index is 1.42. The quantitative estimate of drug-likeness (QED) is 0.255. The summed E-state index contributed by atoms with van der Waals surface area (Å²) in [5.41, 5.74) is 5.64. The molecule has 3 N–H and O–H groups in total. The summed E-state index contributed by atoms with van der Waals surface area (Å²) in [5, 5.41) is 14.8. The Morgan fingerprint density at radius 1 is 1.08 bits per heavy atom. The van der Waals surface area contributed by atoms with E-state index >= 15 is 0 Å². The molecule has 0 fully saturated rings. The fourth-order valence-corrected chi connectivity index (χ4v) is 5.10. The molecule has 0 unspecified atom stereocenters. The lowest BCUT2D eigenvalue weighted by Crippen LogP contribution is -2.23. The Kier molecular flexibility index (Phi) is 6.68. The minimum atomic E-state index is -3.36. The fraction of sp³-hybridized carbons (Fsp3) is 0.185. The highest BCUT2D eigenvalue weighted by Gasteiger charge is 2.20. The van der Waals surface area contributed by atoms with Gasteiger partial charge in [0.25, 0.3) is 0 Å². The highest BCUT2D eigenvalue weighted by atomic mass is 32.2. The molecule has 5 aromatic rings. The van der Waals surface area contributed by atoms with Gasteiger partial charge in [0.05, 0.1) is 27.6 Å². The average Bonchev–Trinajstić information content (AvgIpc) is 3.55. The van der Waals surface area contributed by atoms with Gasteiger partial charge in [0, 0.05) is 29.9 Å². The second kappa shape index (κ2) is 10.1. The van der Waals surface area contributed by atoms with E-state index in [4.69, 9.17) is 14.6 Å². The van der Waals surface area contributed by atoms with Gasteiger partial charge in [0.2, 0.25) is 0 Å². The summed E-state index contributed by atoms with van der Waals surface area (Å²) in [6.07, 6.45) is 2.88. The number of nitrogens with zero attached hydrogens (tertiary/aromatic N) is 3. The summed E-state index contributed by atoms with van der Waals surface area (Å²) in [7, 11) is -3.36. The van der Waals surface area contributed by atoms with Gasteiger partial charge in [0.15, 0.2) is 21.2 Å². The number of carboxylic acid groups (broad SMARTS) is 1. The Morgan fingerprint density at radius 2 is 1.87 bits per heavy atom. The molecule has 0 bridgehead atoms. The molecule has 0 radical (unpaired) electrons. The van der Waals surface area contributed by atoms with Crippen LogP contribution in [-0.4, -0.2) is 51.5 Å². The van der Waals surface area contributed by atoms with Crippen LogP contribution in [0.3, 0.4) is 0 Å². The van der Waals surface area contributed by atoms with Crippen molar-refractivity contribution in [2.75, 3.05) is 6.54 Å². The third-order valence-corrected chi connectivity index (χ3v) is 8.34. The Hall–Kier alpha value is -4.51. The van der Waals surface area contributed by atoms with Crippen LogP contribution in [0.2, 0.25) is 0 Å². The van der Waals surface area contributed by atoms with Gasteiger partial charge in [-0.15, -0.1) is 0 Å². The number of hydrogen-bond acceptors (Lipinski definition) is 7. The van der Waals surface area contributed by atoms with E-state index in [0.29, 0.717) is 46.8 Å². The number of benzene rings is 2. The van der Waals surface area contributed by atoms with E-state index < -0.39 is 21.2 Å². The van der Waals surface area contributed by atoms with Crippen LogP contribution in [0.25, 0.3) is 45.0 Å². The second-order valence-corrected chi connectivity index (χ2v) is 11.5. The van der Waals surface area contributed by atoms with Gasteiger partial charge in [-0.05, 0) is 44.0 Å². The molecule has 10 nitrogen and oxygen atoms in total. The van der Waals surface area contributed by atoms with Crippen molar-refractivity contribution < 1.29 is 22.8 Å². The number of amides is 1. The normalized spacial score (nSPS) is 11.8. The average molecular weight is 532 g/mol. The van der Waals surface area contributed by atoms with Crippen molar-refractivity contribution in [3.05, 3.63) is 72.6 Å². The molecular formula is C27H25N5O5S. The lowest BCUT2D eigenvalue weighted by Gasteiger charge is -2.08. The molecule has 5 rings (SSSR count). The number of fused-ring (bicyclic) bond motifs is 1. The van der Waals surface area contributed by atoms with E-state index in [1.807, 2.05) is 30.3 Å². The van der Waals surface area contributed by atoms with Gasteiger partial charge in [-0.1, -0.05) is 35.5 Å². The first-order chi connectivity index (χ1) is 18.2. The maximum Gasteiger partial charge on any atom is 0.404 e. The van der Waals surface area contributed by atoms with E-state index in [9.17, 15) is 13.2 Å². The number of nitrogens with one attached hydrogen (secondary N) is 2. The second-order valence-electron chi connectivity index (χ2n) is 9.03. The van der Waals surface area contributed by atoms with Crippen LogP contribution >= 0.6 is 0 Å². The first-order valence-corrected chi connectivity index (χ1v) is 13.5. The first kappa shape index (κ1) is 25.2. The molecule has 0 saturated carbocycles. The van der Waals surface area contributed by atoms with E-state index in [1.165, 1.54) is 0 Å². The minimum absolute atomic E-state index is 0.268. The lowest BCUT2D eigenvalue weighted by atomic mass is 10.1. The van der Waals surface area contributed by atoms with Crippen molar-refractivity contribution >= 4 is 27.1 Å². The number of H-pyrrole nitrogens is 1. The van der Waals surface area contributed by atoms with E-state index in [0.717, 1.165) is 16.7 Å². The van der Waals surface area contributed by atoms with E-state index in [-0.39, 0.29) is 4.90 Å². The molecule has 0 saturated heterocycles. The van der Waals surface area contributed by atoms with Crippen molar-refractivity contribution in [3.8, 4) is 33.8 Å². The monoisotopic (exact) mass is 531 g/mol. The number of rotatable bonds is 8. The van der Waals surface area contributed by atoms with Crippen molar-refractivity contribution in [2.24, 2.45) is 0 Å². The van der Waals surface area contributed by atoms with Crippen LogP contribution in [-0.2, 0) is 16.3 Å². The maximum atomic E-state index is 12.4. The summed E-state index contributed by atoms with van der Waals surface area (Å²) >= 11 is 0. The first-order valence-electron chi connectivity index (χ1n) is 11.9. The smallest absolute Gasteiger partial charge is 0.404 e. The topological polar surface area (TPSA) is 151 Å². The van der Waals surface area contributed by atoms with Crippen molar-refractivity contribution in [1.29, 1.82) is 0 Å². The number of carbonyl (C=O) groups is 1. The summed E-state index contributed by atoms with van der Waals surface area (Å²) < 4.78 is 30.5. The van der Waals surface area contributed by atoms with Crippen molar-refractivity contribution in [1.82, 2.24) is 25.4 Å². The fourth-order valence-electron chi connectivity index (χ4n) is 4.04. The molecular weight excluding hydrogens is 506 g/mol. The summed E-state index contributed by atoms with van der Waals surface area (Å²) in [5.74, 6) is 0.508. The van der Waals surface area contributed by atoms with Crippen molar-refractivity contribution in [3.63, 3.8) is 0 Å². The molecule has 0 aliphatic heterocycles. The number of aromatic amines is 1. The molecule has 0 atom stereocenters. The lowest BCUT2D eigenvalue weighted by molar-refractivity contribution is 0.194. The predicted octanol–water partition coefficient (Wildman–Crippen LogP) is 4.94. The Bertz CT molecular complexity index is 1720. The third-order valence-electron chi connectivity index (χ3n) is 6.17. The molecule has 1 amide bonds. The number of aromatic nitrogens is 4. The Morgan fingerprint density at radius 3 is 2.61 bits per heavy atom.